The summed E-state index contributed by atoms with van der Waals surface area (Å²) >= 11 is 0. The van der Waals surface area contributed by atoms with Crippen LogP contribution in [0, 0.1) is 17.7 Å². The summed E-state index contributed by atoms with van der Waals surface area (Å²) in [5.74, 6) is -10.7. The third-order valence-electron chi connectivity index (χ3n) is 4.75. The fourth-order valence-corrected chi connectivity index (χ4v) is 3.45. The number of imide groups is 1. The fraction of sp³-hybridized carbons (Fsp3) is 0.200. The molecular weight excluding hydrogens is 369 g/mol. The highest BCUT2D eigenvalue weighted by molar-refractivity contribution is 6.14. The number of rotatable bonds is 5. The maximum atomic E-state index is 13.2. The normalized spacial score (nSPS) is 22.2. The lowest BCUT2D eigenvalue weighted by Crippen LogP contribution is -2.57. The highest BCUT2D eigenvalue weighted by Gasteiger charge is 2.54. The fourth-order valence-electron chi connectivity index (χ4n) is 3.45. The number of hydrogen-bond donors (Lipinski definition) is 2. The van der Waals surface area contributed by atoms with Gasteiger partial charge in [-0.3, -0.25) is 24.1 Å². The van der Waals surface area contributed by atoms with Gasteiger partial charge in [-0.05, 0) is 23.3 Å². The Balaban J connectivity index is 2.07. The maximum absolute atomic E-state index is 13.2. The van der Waals surface area contributed by atoms with E-state index in [9.17, 15) is 33.8 Å². The topological polar surface area (TPSA) is 112 Å². The Hall–Kier alpha value is -3.55. The van der Waals surface area contributed by atoms with Crippen LogP contribution in [0.3, 0.4) is 0 Å². The van der Waals surface area contributed by atoms with Crippen molar-refractivity contribution in [2.24, 2.45) is 11.8 Å². The average Bonchev–Trinajstić information content (AvgIpc) is 2.65. The lowest BCUT2D eigenvalue weighted by atomic mass is 9.72. The number of hydrogen-bond acceptors (Lipinski definition) is 4. The number of amides is 2. The van der Waals surface area contributed by atoms with Crippen molar-refractivity contribution in [3.63, 3.8) is 0 Å². The van der Waals surface area contributed by atoms with Gasteiger partial charge in [-0.2, -0.15) is 0 Å². The Morgan fingerprint density at radius 3 is 1.82 bits per heavy atom. The molecule has 2 aromatic carbocycles. The zero-order valence-corrected chi connectivity index (χ0v) is 14.5. The SMILES string of the molecule is O=C(O)C1C(=O)N(Cc2ccccc2)C(=O)C(C(=O)O)C1c1ccc(F)cc1. The molecule has 1 aliphatic rings. The van der Waals surface area contributed by atoms with Crippen LogP contribution >= 0.6 is 0 Å². The van der Waals surface area contributed by atoms with Crippen molar-refractivity contribution in [3.05, 3.63) is 71.5 Å². The summed E-state index contributed by atoms with van der Waals surface area (Å²) in [5.41, 5.74) is 0.653. The first-order valence-electron chi connectivity index (χ1n) is 8.41. The summed E-state index contributed by atoms with van der Waals surface area (Å²) in [4.78, 5) is 50.1. The van der Waals surface area contributed by atoms with Crippen molar-refractivity contribution in [1.82, 2.24) is 4.90 Å². The smallest absolute Gasteiger partial charge is 0.316 e. The summed E-state index contributed by atoms with van der Waals surface area (Å²) < 4.78 is 13.2. The third-order valence-corrected chi connectivity index (χ3v) is 4.75. The Bertz CT molecular complexity index is 893. The lowest BCUT2D eigenvalue weighted by Gasteiger charge is -2.38. The molecule has 1 heterocycles. The molecule has 2 unspecified atom stereocenters. The molecule has 144 valence electrons. The first kappa shape index (κ1) is 19.2. The van der Waals surface area contributed by atoms with E-state index >= 15 is 0 Å². The molecule has 0 radical (unpaired) electrons. The monoisotopic (exact) mass is 385 g/mol. The molecule has 2 aromatic rings. The lowest BCUT2D eigenvalue weighted by molar-refractivity contribution is -0.168. The van der Waals surface area contributed by atoms with Crippen LogP contribution in [0.5, 0.6) is 0 Å². The van der Waals surface area contributed by atoms with Crippen LogP contribution in [0.25, 0.3) is 0 Å². The molecule has 0 aliphatic carbocycles. The Labute approximate surface area is 159 Å². The third kappa shape index (κ3) is 3.48. The van der Waals surface area contributed by atoms with Gasteiger partial charge in [-0.1, -0.05) is 42.5 Å². The van der Waals surface area contributed by atoms with Crippen LogP contribution in [0.15, 0.2) is 54.6 Å². The number of nitrogens with zero attached hydrogens (tertiary/aromatic N) is 1. The van der Waals surface area contributed by atoms with E-state index in [0.717, 1.165) is 12.1 Å². The summed E-state index contributed by atoms with van der Waals surface area (Å²) in [7, 11) is 0. The average molecular weight is 385 g/mol. The summed E-state index contributed by atoms with van der Waals surface area (Å²) in [6, 6.07) is 12.8. The van der Waals surface area contributed by atoms with Crippen LogP contribution in [0.4, 0.5) is 4.39 Å². The second-order valence-corrected chi connectivity index (χ2v) is 6.46. The molecule has 0 spiro atoms. The molecule has 1 fully saturated rings. The molecule has 2 amide bonds. The van der Waals surface area contributed by atoms with Gasteiger partial charge in [0.2, 0.25) is 11.8 Å². The number of benzene rings is 2. The number of carboxylic acids is 2. The van der Waals surface area contributed by atoms with E-state index in [0.29, 0.717) is 10.5 Å². The number of carbonyl (C=O) groups excluding carboxylic acids is 2. The summed E-state index contributed by atoms with van der Waals surface area (Å²) in [5, 5.41) is 19.3. The standard InChI is InChI=1S/C20H16FNO6/c21-13-8-6-12(7-9-13)14-15(19(25)26)17(23)22(18(24)16(14)20(27)28)10-11-4-2-1-3-5-11/h1-9,14-16H,10H2,(H,25,26)(H,27,28). The maximum Gasteiger partial charge on any atom is 0.316 e. The minimum absolute atomic E-state index is 0.0993. The van der Waals surface area contributed by atoms with E-state index < -0.39 is 47.3 Å². The van der Waals surface area contributed by atoms with Gasteiger partial charge in [0.15, 0.2) is 0 Å². The van der Waals surface area contributed by atoms with Gasteiger partial charge < -0.3 is 10.2 Å². The second kappa shape index (κ2) is 7.59. The van der Waals surface area contributed by atoms with E-state index in [-0.39, 0.29) is 12.1 Å². The highest BCUT2D eigenvalue weighted by atomic mass is 19.1. The van der Waals surface area contributed by atoms with Gasteiger partial charge in [-0.15, -0.1) is 0 Å². The molecule has 28 heavy (non-hydrogen) atoms. The van der Waals surface area contributed by atoms with Crippen LogP contribution in [0.1, 0.15) is 17.0 Å². The van der Waals surface area contributed by atoms with Crippen LogP contribution in [-0.4, -0.2) is 38.9 Å². The van der Waals surface area contributed by atoms with Crippen LogP contribution in [-0.2, 0) is 25.7 Å². The van der Waals surface area contributed by atoms with Gasteiger partial charge in [0.05, 0.1) is 6.54 Å². The molecule has 2 atom stereocenters. The van der Waals surface area contributed by atoms with E-state index in [1.807, 2.05) is 0 Å². The quantitative estimate of drug-likeness (QED) is 0.600. The van der Waals surface area contributed by atoms with Gasteiger partial charge >= 0.3 is 11.9 Å². The number of carboxylic acid groups (broad SMARTS) is 2. The van der Waals surface area contributed by atoms with Crippen molar-refractivity contribution >= 4 is 23.8 Å². The molecular formula is C20H16FNO6. The van der Waals surface area contributed by atoms with Gasteiger partial charge in [-0.25, -0.2) is 4.39 Å². The number of halogens is 1. The zero-order valence-electron chi connectivity index (χ0n) is 14.5. The first-order chi connectivity index (χ1) is 13.3. The Morgan fingerprint density at radius 2 is 1.36 bits per heavy atom. The van der Waals surface area contributed by atoms with E-state index in [1.165, 1.54) is 12.1 Å². The molecule has 0 aromatic heterocycles. The van der Waals surface area contributed by atoms with Gasteiger partial charge in [0, 0.05) is 5.92 Å². The van der Waals surface area contributed by atoms with Gasteiger partial charge in [0.25, 0.3) is 0 Å². The molecule has 0 saturated carbocycles. The van der Waals surface area contributed by atoms with E-state index in [2.05, 4.69) is 0 Å². The first-order valence-corrected chi connectivity index (χ1v) is 8.41. The van der Waals surface area contributed by atoms with Crippen molar-refractivity contribution in [2.75, 3.05) is 0 Å². The second-order valence-electron chi connectivity index (χ2n) is 6.46. The zero-order chi connectivity index (χ0) is 20.4. The highest BCUT2D eigenvalue weighted by Crippen LogP contribution is 2.40. The summed E-state index contributed by atoms with van der Waals surface area (Å²) in [6.07, 6.45) is 0. The molecule has 1 saturated heterocycles. The predicted molar refractivity (Wildman–Crippen MR) is 93.4 cm³/mol. The van der Waals surface area contributed by atoms with Crippen LogP contribution < -0.4 is 0 Å². The Kier molecular flexibility index (Phi) is 5.21. The minimum atomic E-state index is -1.78. The molecule has 3 rings (SSSR count). The number of aliphatic carboxylic acids is 2. The largest absolute Gasteiger partial charge is 0.481 e. The van der Waals surface area contributed by atoms with Crippen LogP contribution in [0.2, 0.25) is 0 Å². The number of carbonyl (C=O) groups is 4. The predicted octanol–water partition coefficient (Wildman–Crippen LogP) is 1.88. The molecule has 0 bridgehead atoms. The summed E-state index contributed by atoms with van der Waals surface area (Å²) in [6.45, 7) is -0.234. The van der Waals surface area contributed by atoms with Crippen molar-refractivity contribution in [2.45, 2.75) is 12.5 Å². The number of piperidine rings is 1. The van der Waals surface area contributed by atoms with E-state index in [1.54, 1.807) is 30.3 Å². The van der Waals surface area contributed by atoms with Crippen molar-refractivity contribution in [1.29, 1.82) is 0 Å². The van der Waals surface area contributed by atoms with Crippen molar-refractivity contribution in [3.8, 4) is 0 Å². The molecule has 8 heteroatoms. The van der Waals surface area contributed by atoms with Gasteiger partial charge in [0.1, 0.15) is 17.7 Å². The van der Waals surface area contributed by atoms with E-state index in [4.69, 9.17) is 0 Å². The van der Waals surface area contributed by atoms with Crippen molar-refractivity contribution < 1.29 is 33.8 Å². The molecule has 7 nitrogen and oxygen atoms in total. The molecule has 1 aliphatic heterocycles. The number of likely N-dealkylation sites (tertiary alicyclic amines) is 1. The Morgan fingerprint density at radius 1 is 0.857 bits per heavy atom. The molecule has 2 N–H and O–H groups in total. The minimum Gasteiger partial charge on any atom is -0.481 e.